The first-order valence-corrected chi connectivity index (χ1v) is 10.7. The van der Waals surface area contributed by atoms with Gasteiger partial charge in [-0.25, -0.2) is 8.42 Å². The van der Waals surface area contributed by atoms with Crippen LogP contribution >= 0.6 is 0 Å². The fourth-order valence-electron chi connectivity index (χ4n) is 3.50. The average molecular weight is 415 g/mol. The van der Waals surface area contributed by atoms with Gasteiger partial charge in [0.2, 0.25) is 15.9 Å². The van der Waals surface area contributed by atoms with Crippen molar-refractivity contribution in [3.63, 3.8) is 0 Å². The van der Waals surface area contributed by atoms with Crippen molar-refractivity contribution >= 4 is 10.0 Å². The van der Waals surface area contributed by atoms with Gasteiger partial charge in [0.25, 0.3) is 0 Å². The van der Waals surface area contributed by atoms with Crippen molar-refractivity contribution in [3.05, 3.63) is 41.5 Å². The van der Waals surface area contributed by atoms with Crippen LogP contribution in [0.4, 0.5) is 13.2 Å². The van der Waals surface area contributed by atoms with Gasteiger partial charge in [0.15, 0.2) is 5.82 Å². The van der Waals surface area contributed by atoms with E-state index in [0.717, 1.165) is 31.4 Å². The Morgan fingerprint density at radius 3 is 2.71 bits per heavy atom. The number of nitrogens with zero attached hydrogens (tertiary/aromatic N) is 3. The Bertz CT molecular complexity index is 954. The third-order valence-electron chi connectivity index (χ3n) is 5.17. The van der Waals surface area contributed by atoms with Crippen LogP contribution in [0, 0.1) is 5.92 Å². The van der Waals surface area contributed by atoms with Crippen molar-refractivity contribution in [2.24, 2.45) is 5.92 Å². The van der Waals surface area contributed by atoms with E-state index in [9.17, 15) is 21.6 Å². The first-order valence-electron chi connectivity index (χ1n) is 9.23. The Labute approximate surface area is 160 Å². The predicted molar refractivity (Wildman–Crippen MR) is 92.9 cm³/mol. The van der Waals surface area contributed by atoms with E-state index < -0.39 is 21.8 Å². The molecular weight excluding hydrogens is 395 g/mol. The minimum Gasteiger partial charge on any atom is -0.339 e. The molecule has 0 N–H and O–H groups in total. The summed E-state index contributed by atoms with van der Waals surface area (Å²) in [6.07, 6.45) is -0.569. The standard InChI is InChI=1S/C18H20F3N3O3S/c19-18(20,21)14-4-1-5-15(10-14)28(25,26)24-8-2-3-12(11-24)9-16-22-17(23-27-16)13-6-7-13/h1,4-5,10,12-13H,2-3,6-9,11H2/t12-/m1/s1. The molecule has 2 aliphatic rings. The number of alkyl halides is 3. The molecule has 0 spiro atoms. The maximum Gasteiger partial charge on any atom is 0.416 e. The second-order valence-corrected chi connectivity index (χ2v) is 9.36. The highest BCUT2D eigenvalue weighted by Gasteiger charge is 2.35. The van der Waals surface area contributed by atoms with Gasteiger partial charge in [-0.3, -0.25) is 0 Å². The fraction of sp³-hybridized carbons (Fsp3) is 0.556. The summed E-state index contributed by atoms with van der Waals surface area (Å²) in [5.74, 6) is 1.56. The van der Waals surface area contributed by atoms with Gasteiger partial charge in [-0.1, -0.05) is 11.2 Å². The van der Waals surface area contributed by atoms with Gasteiger partial charge in [0.05, 0.1) is 10.5 Å². The number of benzene rings is 1. The Kier molecular flexibility index (Phi) is 4.95. The molecule has 2 fully saturated rings. The van der Waals surface area contributed by atoms with E-state index in [1.165, 1.54) is 10.4 Å². The lowest BCUT2D eigenvalue weighted by Crippen LogP contribution is -2.40. The molecule has 1 aliphatic heterocycles. The van der Waals surface area contributed by atoms with Crippen LogP contribution < -0.4 is 0 Å². The zero-order valence-electron chi connectivity index (χ0n) is 15.0. The molecule has 0 amide bonds. The number of hydrogen-bond donors (Lipinski definition) is 0. The van der Waals surface area contributed by atoms with Gasteiger partial charge in [-0.05, 0) is 49.8 Å². The number of piperidine rings is 1. The summed E-state index contributed by atoms with van der Waals surface area (Å²) in [5.41, 5.74) is -0.972. The smallest absolute Gasteiger partial charge is 0.339 e. The lowest BCUT2D eigenvalue weighted by atomic mass is 9.96. The topological polar surface area (TPSA) is 76.3 Å². The summed E-state index contributed by atoms with van der Waals surface area (Å²) in [6, 6.07) is 3.88. The van der Waals surface area contributed by atoms with Gasteiger partial charge in [-0.2, -0.15) is 22.5 Å². The minimum absolute atomic E-state index is 0.0122. The van der Waals surface area contributed by atoms with Crippen molar-refractivity contribution < 1.29 is 26.1 Å². The molecule has 1 aromatic carbocycles. The largest absolute Gasteiger partial charge is 0.416 e. The van der Waals surface area contributed by atoms with Crippen LogP contribution in [-0.2, 0) is 22.6 Å². The summed E-state index contributed by atoms with van der Waals surface area (Å²) in [4.78, 5) is 4.04. The molecule has 1 saturated heterocycles. The molecule has 0 radical (unpaired) electrons. The maximum atomic E-state index is 12.9. The molecule has 0 bridgehead atoms. The molecule has 1 saturated carbocycles. The van der Waals surface area contributed by atoms with E-state index >= 15 is 0 Å². The molecular formula is C18H20F3N3O3S. The van der Waals surface area contributed by atoms with E-state index in [4.69, 9.17) is 4.52 Å². The number of halogens is 3. The van der Waals surface area contributed by atoms with Gasteiger partial charge in [0, 0.05) is 25.4 Å². The molecule has 10 heteroatoms. The third-order valence-corrected chi connectivity index (χ3v) is 7.03. The van der Waals surface area contributed by atoms with E-state index in [1.54, 1.807) is 0 Å². The highest BCUT2D eigenvalue weighted by atomic mass is 32.2. The van der Waals surface area contributed by atoms with Crippen LogP contribution in [0.2, 0.25) is 0 Å². The van der Waals surface area contributed by atoms with Gasteiger partial charge >= 0.3 is 6.18 Å². The average Bonchev–Trinajstić information content (AvgIpc) is 3.41. The molecule has 28 heavy (non-hydrogen) atoms. The fourth-order valence-corrected chi connectivity index (χ4v) is 5.10. The second kappa shape index (κ2) is 7.14. The Hall–Kier alpha value is -1.94. The van der Waals surface area contributed by atoms with Gasteiger partial charge in [0.1, 0.15) is 0 Å². The molecule has 2 aromatic rings. The first-order chi connectivity index (χ1) is 13.2. The number of aromatic nitrogens is 2. The van der Waals surface area contributed by atoms with Crippen molar-refractivity contribution in [2.75, 3.05) is 13.1 Å². The first kappa shape index (κ1) is 19.4. The van der Waals surface area contributed by atoms with Crippen LogP contribution in [0.5, 0.6) is 0 Å². The third kappa shape index (κ3) is 4.07. The molecule has 1 aromatic heterocycles. The summed E-state index contributed by atoms with van der Waals surface area (Å²) in [5, 5.41) is 3.97. The molecule has 6 nitrogen and oxygen atoms in total. The van der Waals surface area contributed by atoms with Crippen LogP contribution in [-0.4, -0.2) is 36.0 Å². The maximum absolute atomic E-state index is 12.9. The van der Waals surface area contributed by atoms with E-state index in [-0.39, 0.29) is 23.9 Å². The predicted octanol–water partition coefficient (Wildman–Crippen LogP) is 3.61. The lowest BCUT2D eigenvalue weighted by molar-refractivity contribution is -0.137. The summed E-state index contributed by atoms with van der Waals surface area (Å²) < 4.78 is 71.1. The van der Waals surface area contributed by atoms with Crippen molar-refractivity contribution in [3.8, 4) is 0 Å². The molecule has 0 unspecified atom stereocenters. The zero-order chi connectivity index (χ0) is 19.9. The number of rotatable bonds is 5. The monoisotopic (exact) mass is 415 g/mol. The highest BCUT2D eigenvalue weighted by Crippen LogP contribution is 2.38. The Balaban J connectivity index is 1.48. The van der Waals surface area contributed by atoms with Crippen molar-refractivity contribution in [1.82, 2.24) is 14.4 Å². The highest BCUT2D eigenvalue weighted by molar-refractivity contribution is 7.89. The SMILES string of the molecule is O=S(=O)(c1cccc(C(F)(F)F)c1)N1CCC[C@H](Cc2nc(C3CC3)no2)C1. The minimum atomic E-state index is -4.59. The number of sulfonamides is 1. The number of hydrogen-bond acceptors (Lipinski definition) is 5. The summed E-state index contributed by atoms with van der Waals surface area (Å²) >= 11 is 0. The van der Waals surface area contributed by atoms with E-state index in [0.29, 0.717) is 36.5 Å². The molecule has 1 atom stereocenters. The van der Waals surface area contributed by atoms with Crippen molar-refractivity contribution in [1.29, 1.82) is 0 Å². The van der Waals surface area contributed by atoms with Crippen LogP contribution in [0.25, 0.3) is 0 Å². The van der Waals surface area contributed by atoms with Gasteiger partial charge in [-0.15, -0.1) is 0 Å². The Morgan fingerprint density at radius 1 is 1.21 bits per heavy atom. The van der Waals surface area contributed by atoms with Crippen LogP contribution in [0.1, 0.15) is 48.9 Å². The van der Waals surface area contributed by atoms with Crippen LogP contribution in [0.15, 0.2) is 33.7 Å². The molecule has 152 valence electrons. The van der Waals surface area contributed by atoms with E-state index in [2.05, 4.69) is 10.1 Å². The van der Waals surface area contributed by atoms with E-state index in [1.807, 2.05) is 0 Å². The molecule has 2 heterocycles. The summed E-state index contributed by atoms with van der Waals surface area (Å²) in [6.45, 7) is 0.506. The second-order valence-electron chi connectivity index (χ2n) is 7.42. The zero-order valence-corrected chi connectivity index (χ0v) is 15.8. The molecule has 1 aliphatic carbocycles. The van der Waals surface area contributed by atoms with Crippen LogP contribution in [0.3, 0.4) is 0 Å². The molecule has 4 rings (SSSR count). The van der Waals surface area contributed by atoms with Crippen molar-refractivity contribution in [2.45, 2.75) is 49.1 Å². The lowest BCUT2D eigenvalue weighted by Gasteiger charge is -2.31. The quantitative estimate of drug-likeness (QED) is 0.746. The summed E-state index contributed by atoms with van der Waals surface area (Å²) in [7, 11) is -4.00. The Morgan fingerprint density at radius 2 is 2.00 bits per heavy atom. The van der Waals surface area contributed by atoms with Gasteiger partial charge < -0.3 is 4.52 Å². The normalized spacial score (nSPS) is 21.8.